The second kappa shape index (κ2) is 5.99. The first-order chi connectivity index (χ1) is 9.10. The second-order valence-corrected chi connectivity index (χ2v) is 4.73. The molecule has 2 rings (SSSR count). The highest BCUT2D eigenvalue weighted by molar-refractivity contribution is 5.94. The van der Waals surface area contributed by atoms with Gasteiger partial charge in [-0.2, -0.15) is 0 Å². The van der Waals surface area contributed by atoms with E-state index in [9.17, 15) is 9.18 Å². The van der Waals surface area contributed by atoms with E-state index in [1.165, 1.54) is 24.1 Å². The zero-order chi connectivity index (χ0) is 13.8. The number of carbonyl (C=O) groups excluding carboxylic acids is 1. The van der Waals surface area contributed by atoms with Crippen LogP contribution in [0.5, 0.6) is 5.75 Å². The van der Waals surface area contributed by atoms with Crippen LogP contribution in [0.3, 0.4) is 0 Å². The highest BCUT2D eigenvalue weighted by Crippen LogP contribution is 2.16. The van der Waals surface area contributed by atoms with E-state index >= 15 is 0 Å². The average molecular weight is 268 g/mol. The van der Waals surface area contributed by atoms with Crippen molar-refractivity contribution in [1.29, 1.82) is 0 Å². The number of methoxy groups -OCH3 is 1. The molecule has 0 spiro atoms. The van der Waals surface area contributed by atoms with Gasteiger partial charge in [-0.25, -0.2) is 9.40 Å². The van der Waals surface area contributed by atoms with Crippen molar-refractivity contribution in [1.82, 2.24) is 10.4 Å². The highest BCUT2D eigenvalue weighted by Gasteiger charge is 2.20. The van der Waals surface area contributed by atoms with Gasteiger partial charge >= 0.3 is 0 Å². The number of hydrogen-bond donors (Lipinski definition) is 2. The third-order valence-corrected chi connectivity index (χ3v) is 3.30. The summed E-state index contributed by atoms with van der Waals surface area (Å²) in [5, 5.41) is 1.83. The molecule has 0 unspecified atom stereocenters. The van der Waals surface area contributed by atoms with Gasteiger partial charge in [0.05, 0.1) is 45.9 Å². The molecule has 2 N–H and O–H groups in total. The smallest absolute Gasteiger partial charge is 0.268 e. The minimum Gasteiger partial charge on any atom is -0.497 e. The number of ether oxygens (including phenoxy) is 1. The summed E-state index contributed by atoms with van der Waals surface area (Å²) in [4.78, 5) is 13.4. The Bertz CT molecular complexity index is 459. The number of likely N-dealkylation sites (N-methyl/N-ethyl adjacent to an activating group) is 1. The summed E-state index contributed by atoms with van der Waals surface area (Å²) >= 11 is 0. The number of nitrogens with zero attached hydrogens (tertiary/aromatic N) is 1. The van der Waals surface area contributed by atoms with E-state index < -0.39 is 11.7 Å². The Morgan fingerprint density at radius 1 is 1.42 bits per heavy atom. The van der Waals surface area contributed by atoms with Crippen LogP contribution < -0.4 is 15.1 Å². The first kappa shape index (κ1) is 13.8. The summed E-state index contributed by atoms with van der Waals surface area (Å²) in [7, 11) is 3.57. The molecule has 19 heavy (non-hydrogen) atoms. The predicted molar refractivity (Wildman–Crippen MR) is 68.6 cm³/mol. The number of hydrogen-bond acceptors (Lipinski definition) is 3. The molecule has 0 aromatic heterocycles. The van der Waals surface area contributed by atoms with E-state index in [-0.39, 0.29) is 5.56 Å². The van der Waals surface area contributed by atoms with Crippen molar-refractivity contribution in [2.24, 2.45) is 0 Å². The van der Waals surface area contributed by atoms with Gasteiger partial charge in [0.15, 0.2) is 0 Å². The molecule has 1 aromatic carbocycles. The van der Waals surface area contributed by atoms with E-state index in [1.54, 1.807) is 6.07 Å². The van der Waals surface area contributed by atoms with E-state index in [1.807, 2.05) is 5.01 Å². The summed E-state index contributed by atoms with van der Waals surface area (Å²) < 4.78 is 18.6. The third-order valence-electron chi connectivity index (χ3n) is 3.30. The van der Waals surface area contributed by atoms with Crippen LogP contribution in [-0.4, -0.2) is 51.3 Å². The Balaban J connectivity index is 2.00. The van der Waals surface area contributed by atoms with Crippen LogP contribution in [0.15, 0.2) is 18.2 Å². The predicted octanol–water partition coefficient (Wildman–Crippen LogP) is -0.691. The number of rotatable bonds is 3. The fourth-order valence-electron chi connectivity index (χ4n) is 2.01. The number of amides is 1. The summed E-state index contributed by atoms with van der Waals surface area (Å²) in [5.74, 6) is -0.589. The van der Waals surface area contributed by atoms with E-state index in [0.29, 0.717) is 5.75 Å². The maximum absolute atomic E-state index is 13.7. The van der Waals surface area contributed by atoms with Crippen LogP contribution in [-0.2, 0) is 0 Å². The number of hydrazine groups is 1. The zero-order valence-electron chi connectivity index (χ0n) is 11.2. The largest absolute Gasteiger partial charge is 0.497 e. The molecule has 1 saturated heterocycles. The van der Waals surface area contributed by atoms with Gasteiger partial charge in [-0.05, 0) is 12.1 Å². The lowest BCUT2D eigenvalue weighted by Crippen LogP contribution is -3.12. The molecule has 0 saturated carbocycles. The molecule has 1 heterocycles. The summed E-state index contributed by atoms with van der Waals surface area (Å²) in [6.45, 7) is 3.47. The molecule has 6 heteroatoms. The molecule has 0 radical (unpaired) electrons. The summed E-state index contributed by atoms with van der Waals surface area (Å²) in [5.41, 5.74) is 2.77. The Morgan fingerprint density at radius 3 is 2.68 bits per heavy atom. The van der Waals surface area contributed by atoms with Crippen LogP contribution in [0.25, 0.3) is 0 Å². The monoisotopic (exact) mass is 268 g/mol. The van der Waals surface area contributed by atoms with E-state index in [0.717, 1.165) is 26.2 Å². The Morgan fingerprint density at radius 2 is 2.11 bits per heavy atom. The Labute approximate surface area is 111 Å². The lowest BCUT2D eigenvalue weighted by molar-refractivity contribution is -0.884. The number of carbonyl (C=O) groups is 1. The molecule has 1 aliphatic heterocycles. The van der Waals surface area contributed by atoms with Gasteiger partial charge in [0.2, 0.25) is 0 Å². The molecular weight excluding hydrogens is 249 g/mol. The van der Waals surface area contributed by atoms with Crippen molar-refractivity contribution in [2.45, 2.75) is 0 Å². The SMILES string of the molecule is COc1ccc(C(=O)NN2CC[NH+](C)CC2)c(F)c1. The lowest BCUT2D eigenvalue weighted by Gasteiger charge is -2.30. The van der Waals surface area contributed by atoms with Gasteiger partial charge in [-0.3, -0.25) is 10.2 Å². The van der Waals surface area contributed by atoms with E-state index in [4.69, 9.17) is 4.74 Å². The molecule has 0 bridgehead atoms. The van der Waals surface area contributed by atoms with Crippen molar-refractivity contribution in [2.75, 3.05) is 40.3 Å². The van der Waals surface area contributed by atoms with Gasteiger partial charge in [0.1, 0.15) is 11.6 Å². The maximum atomic E-state index is 13.7. The standard InChI is InChI=1S/C13H18FN3O2/c1-16-5-7-17(8-6-16)15-13(18)11-4-3-10(19-2)9-12(11)14/h3-4,9H,5-8H2,1-2H3,(H,15,18)/p+1. The third kappa shape index (κ3) is 3.42. The molecule has 0 atom stereocenters. The molecule has 1 aromatic rings. The van der Waals surface area contributed by atoms with Crippen LogP contribution >= 0.6 is 0 Å². The highest BCUT2D eigenvalue weighted by atomic mass is 19.1. The Hall–Kier alpha value is -1.66. The van der Waals surface area contributed by atoms with Gasteiger partial charge < -0.3 is 9.64 Å². The van der Waals surface area contributed by atoms with Gasteiger partial charge in [0, 0.05) is 6.07 Å². The number of nitrogens with one attached hydrogen (secondary N) is 2. The van der Waals surface area contributed by atoms with E-state index in [2.05, 4.69) is 12.5 Å². The van der Waals surface area contributed by atoms with Crippen LogP contribution in [0.2, 0.25) is 0 Å². The molecule has 1 fully saturated rings. The van der Waals surface area contributed by atoms with Gasteiger partial charge in [-0.15, -0.1) is 0 Å². The summed E-state index contributed by atoms with van der Waals surface area (Å²) in [6, 6.07) is 4.22. The van der Waals surface area contributed by atoms with Gasteiger partial charge in [-0.1, -0.05) is 0 Å². The molecule has 1 amide bonds. The van der Waals surface area contributed by atoms with Crippen LogP contribution in [0, 0.1) is 5.82 Å². The first-order valence-electron chi connectivity index (χ1n) is 6.31. The van der Waals surface area contributed by atoms with Gasteiger partial charge in [0.25, 0.3) is 5.91 Å². The fraction of sp³-hybridized carbons (Fsp3) is 0.462. The topological polar surface area (TPSA) is 46.0 Å². The van der Waals surface area contributed by atoms with Crippen molar-refractivity contribution in [3.63, 3.8) is 0 Å². The van der Waals surface area contributed by atoms with Crippen LogP contribution in [0.1, 0.15) is 10.4 Å². The number of halogens is 1. The zero-order valence-corrected chi connectivity index (χ0v) is 11.2. The number of benzene rings is 1. The second-order valence-electron chi connectivity index (χ2n) is 4.73. The quantitative estimate of drug-likeness (QED) is 0.763. The summed E-state index contributed by atoms with van der Waals surface area (Å²) in [6.07, 6.45) is 0. The van der Waals surface area contributed by atoms with Crippen molar-refractivity contribution < 1.29 is 18.8 Å². The molecule has 1 aliphatic rings. The van der Waals surface area contributed by atoms with Crippen molar-refractivity contribution in [3.05, 3.63) is 29.6 Å². The maximum Gasteiger partial charge on any atom is 0.268 e. The fourth-order valence-corrected chi connectivity index (χ4v) is 2.01. The average Bonchev–Trinajstić information content (AvgIpc) is 2.41. The first-order valence-corrected chi connectivity index (χ1v) is 6.31. The van der Waals surface area contributed by atoms with Crippen LogP contribution in [0.4, 0.5) is 4.39 Å². The normalized spacial score (nSPS) is 17.2. The molecule has 104 valence electrons. The number of quaternary nitrogens is 1. The lowest BCUT2D eigenvalue weighted by atomic mass is 10.2. The van der Waals surface area contributed by atoms with Crippen molar-refractivity contribution >= 4 is 5.91 Å². The molecular formula is C13H19FN3O2+. The molecule has 0 aliphatic carbocycles. The minimum atomic E-state index is -0.573. The molecule has 5 nitrogen and oxygen atoms in total. The Kier molecular flexibility index (Phi) is 4.34. The number of piperazine rings is 1. The minimum absolute atomic E-state index is 0.0343. The van der Waals surface area contributed by atoms with Crippen molar-refractivity contribution in [3.8, 4) is 5.75 Å².